The Kier molecular flexibility index (Phi) is 2.87. The summed E-state index contributed by atoms with van der Waals surface area (Å²) in [5.41, 5.74) is 0.946. The maximum atomic E-state index is 12.3. The first-order valence-electron chi connectivity index (χ1n) is 6.25. The van der Waals surface area contributed by atoms with Crippen molar-refractivity contribution in [1.82, 2.24) is 20.3 Å². The highest BCUT2D eigenvalue weighted by Crippen LogP contribution is 2.28. The van der Waals surface area contributed by atoms with Gasteiger partial charge in [0.1, 0.15) is 17.1 Å². The lowest BCUT2D eigenvalue weighted by Gasteiger charge is -2.26. The average molecular weight is 260 g/mol. The third-order valence-electron chi connectivity index (χ3n) is 3.51. The van der Waals surface area contributed by atoms with Gasteiger partial charge in [0.05, 0.1) is 6.61 Å². The van der Waals surface area contributed by atoms with Crippen LogP contribution in [-0.4, -0.2) is 34.1 Å². The number of carbonyl (C=O) groups is 1. The molecule has 100 valence electrons. The molecule has 3 N–H and O–H groups in total. The fourth-order valence-corrected chi connectivity index (χ4v) is 2.41. The Morgan fingerprint density at radius 3 is 2.95 bits per heavy atom. The van der Waals surface area contributed by atoms with Crippen molar-refractivity contribution in [3.63, 3.8) is 0 Å². The summed E-state index contributed by atoms with van der Waals surface area (Å²) in [6.07, 6.45) is 5.91. The number of aromatic amines is 2. The molecule has 6 heteroatoms. The van der Waals surface area contributed by atoms with E-state index in [1.165, 1.54) is 0 Å². The number of H-pyrrole nitrogens is 2. The van der Waals surface area contributed by atoms with Crippen molar-refractivity contribution in [2.24, 2.45) is 0 Å². The highest BCUT2D eigenvalue weighted by Gasteiger charge is 2.41. The van der Waals surface area contributed by atoms with Gasteiger partial charge in [-0.2, -0.15) is 0 Å². The van der Waals surface area contributed by atoms with E-state index in [2.05, 4.69) is 20.3 Å². The predicted molar refractivity (Wildman–Crippen MR) is 68.7 cm³/mol. The second-order valence-electron chi connectivity index (χ2n) is 4.81. The summed E-state index contributed by atoms with van der Waals surface area (Å²) in [5, 5.41) is 3.05. The third kappa shape index (κ3) is 2.04. The van der Waals surface area contributed by atoms with Crippen molar-refractivity contribution in [2.45, 2.75) is 18.9 Å². The van der Waals surface area contributed by atoms with Crippen LogP contribution in [0.2, 0.25) is 0 Å². The summed E-state index contributed by atoms with van der Waals surface area (Å²) < 4.78 is 5.45. The number of ether oxygens (including phenoxy) is 1. The quantitative estimate of drug-likeness (QED) is 0.772. The Balaban J connectivity index is 1.87. The van der Waals surface area contributed by atoms with E-state index in [1.54, 1.807) is 18.6 Å². The van der Waals surface area contributed by atoms with Crippen LogP contribution < -0.4 is 5.32 Å². The first-order valence-corrected chi connectivity index (χ1v) is 6.25. The highest BCUT2D eigenvalue weighted by molar-refractivity contribution is 5.94. The molecule has 0 aliphatic carbocycles. The second kappa shape index (κ2) is 4.55. The van der Waals surface area contributed by atoms with Gasteiger partial charge in [0, 0.05) is 31.6 Å². The molecule has 3 rings (SSSR count). The van der Waals surface area contributed by atoms with Gasteiger partial charge in [-0.25, -0.2) is 4.98 Å². The fraction of sp³-hybridized carbons (Fsp3) is 0.385. The molecular weight excluding hydrogens is 244 g/mol. The molecule has 1 saturated heterocycles. The molecular formula is C13H16N4O2. The minimum absolute atomic E-state index is 0.135. The van der Waals surface area contributed by atoms with Gasteiger partial charge in [0.25, 0.3) is 5.91 Å². The zero-order valence-electron chi connectivity index (χ0n) is 10.7. The summed E-state index contributed by atoms with van der Waals surface area (Å²) >= 11 is 0. The molecule has 1 amide bonds. The molecule has 19 heavy (non-hydrogen) atoms. The van der Waals surface area contributed by atoms with Crippen LogP contribution in [0.15, 0.2) is 24.7 Å². The van der Waals surface area contributed by atoms with Gasteiger partial charge < -0.3 is 20.0 Å². The van der Waals surface area contributed by atoms with E-state index in [4.69, 9.17) is 4.74 Å². The molecule has 3 heterocycles. The average Bonchev–Trinajstić information content (AvgIpc) is 3.08. The van der Waals surface area contributed by atoms with Gasteiger partial charge in [-0.05, 0) is 18.6 Å². The molecule has 0 bridgehead atoms. The Morgan fingerprint density at radius 2 is 2.37 bits per heavy atom. The summed E-state index contributed by atoms with van der Waals surface area (Å²) in [5.74, 6) is 0.604. The van der Waals surface area contributed by atoms with E-state index in [0.717, 1.165) is 11.4 Å². The Hall–Kier alpha value is -2.08. The van der Waals surface area contributed by atoms with Crippen LogP contribution in [0.5, 0.6) is 0 Å². The maximum Gasteiger partial charge on any atom is 0.268 e. The standard InChI is InChI=1S/C13H16N4O2/c1-9-2-4-14-10(9)11(18)17-13(3-7-19-8-13)12-15-5-6-16-12/h2,4-6,14H,3,7-8H2,1H3,(H,15,16)(H,17,18). The van der Waals surface area contributed by atoms with Gasteiger partial charge in [-0.1, -0.05) is 0 Å². The van der Waals surface area contributed by atoms with Crippen LogP contribution in [0.4, 0.5) is 0 Å². The third-order valence-corrected chi connectivity index (χ3v) is 3.51. The molecule has 0 aromatic carbocycles. The van der Waals surface area contributed by atoms with E-state index >= 15 is 0 Å². The van der Waals surface area contributed by atoms with Crippen LogP contribution in [0.3, 0.4) is 0 Å². The minimum atomic E-state index is -0.557. The van der Waals surface area contributed by atoms with Gasteiger partial charge in [0.15, 0.2) is 0 Å². The van der Waals surface area contributed by atoms with Gasteiger partial charge in [0.2, 0.25) is 0 Å². The van der Waals surface area contributed by atoms with E-state index in [1.807, 2.05) is 13.0 Å². The van der Waals surface area contributed by atoms with Crippen molar-refractivity contribution < 1.29 is 9.53 Å². The molecule has 1 atom stereocenters. The Labute approximate surface area is 110 Å². The number of hydrogen-bond acceptors (Lipinski definition) is 3. The number of nitrogens with zero attached hydrogens (tertiary/aromatic N) is 1. The van der Waals surface area contributed by atoms with Crippen LogP contribution in [0, 0.1) is 6.92 Å². The van der Waals surface area contributed by atoms with E-state index in [9.17, 15) is 4.79 Å². The van der Waals surface area contributed by atoms with Crippen LogP contribution >= 0.6 is 0 Å². The second-order valence-corrected chi connectivity index (χ2v) is 4.81. The summed E-state index contributed by atoms with van der Waals surface area (Å²) in [6, 6.07) is 1.87. The predicted octanol–water partition coefficient (Wildman–Crippen LogP) is 1.09. The topological polar surface area (TPSA) is 82.8 Å². The number of hydrogen-bond donors (Lipinski definition) is 3. The molecule has 0 spiro atoms. The smallest absolute Gasteiger partial charge is 0.268 e. The number of aryl methyl sites for hydroxylation is 1. The van der Waals surface area contributed by atoms with Crippen LogP contribution in [0.1, 0.15) is 28.3 Å². The SMILES string of the molecule is Cc1cc[nH]c1C(=O)NC1(c2ncc[nH]2)CCOC1. The van der Waals surface area contributed by atoms with E-state index in [0.29, 0.717) is 25.3 Å². The molecule has 1 unspecified atom stereocenters. The van der Waals surface area contributed by atoms with Crippen molar-refractivity contribution in [3.8, 4) is 0 Å². The molecule has 1 fully saturated rings. The molecule has 6 nitrogen and oxygen atoms in total. The van der Waals surface area contributed by atoms with Gasteiger partial charge in [-0.15, -0.1) is 0 Å². The molecule has 1 aliphatic heterocycles. The number of rotatable bonds is 3. The normalized spacial score (nSPS) is 22.6. The van der Waals surface area contributed by atoms with Crippen molar-refractivity contribution in [3.05, 3.63) is 41.7 Å². The van der Waals surface area contributed by atoms with Crippen molar-refractivity contribution >= 4 is 5.91 Å². The largest absolute Gasteiger partial charge is 0.378 e. The summed E-state index contributed by atoms with van der Waals surface area (Å²) in [7, 11) is 0. The van der Waals surface area contributed by atoms with E-state index in [-0.39, 0.29) is 5.91 Å². The van der Waals surface area contributed by atoms with E-state index < -0.39 is 5.54 Å². The fourth-order valence-electron chi connectivity index (χ4n) is 2.41. The van der Waals surface area contributed by atoms with Crippen LogP contribution in [0.25, 0.3) is 0 Å². The number of nitrogens with one attached hydrogen (secondary N) is 3. The summed E-state index contributed by atoms with van der Waals surface area (Å²) in [6.45, 7) is 2.95. The Morgan fingerprint density at radius 1 is 1.47 bits per heavy atom. The van der Waals surface area contributed by atoms with Crippen molar-refractivity contribution in [2.75, 3.05) is 13.2 Å². The lowest BCUT2D eigenvalue weighted by atomic mass is 9.97. The van der Waals surface area contributed by atoms with Gasteiger partial charge >= 0.3 is 0 Å². The van der Waals surface area contributed by atoms with Crippen LogP contribution in [-0.2, 0) is 10.3 Å². The maximum absolute atomic E-state index is 12.3. The molecule has 0 radical (unpaired) electrons. The zero-order valence-corrected chi connectivity index (χ0v) is 10.7. The number of amides is 1. The molecule has 2 aromatic rings. The van der Waals surface area contributed by atoms with Gasteiger partial charge in [-0.3, -0.25) is 4.79 Å². The minimum Gasteiger partial charge on any atom is -0.378 e. The Bertz CT molecular complexity index is 567. The first kappa shape index (κ1) is 12.0. The molecule has 2 aromatic heterocycles. The first-order chi connectivity index (χ1) is 9.21. The molecule has 1 aliphatic rings. The highest BCUT2D eigenvalue weighted by atomic mass is 16.5. The number of imidazole rings is 1. The monoisotopic (exact) mass is 260 g/mol. The zero-order chi connectivity index (χ0) is 13.3. The molecule has 0 saturated carbocycles. The lowest BCUT2D eigenvalue weighted by molar-refractivity contribution is 0.0864. The number of aromatic nitrogens is 3. The number of carbonyl (C=O) groups excluding carboxylic acids is 1. The summed E-state index contributed by atoms with van der Waals surface area (Å²) in [4.78, 5) is 22.6. The lowest BCUT2D eigenvalue weighted by Crippen LogP contribution is -2.47. The van der Waals surface area contributed by atoms with Crippen molar-refractivity contribution in [1.29, 1.82) is 0 Å².